The number of hydrogen-bond donors (Lipinski definition) is 2. The van der Waals surface area contributed by atoms with Gasteiger partial charge in [-0.3, -0.25) is 4.79 Å². The molecule has 4 heteroatoms. The zero-order valence-corrected chi connectivity index (χ0v) is 10.4. The van der Waals surface area contributed by atoms with Crippen LogP contribution >= 0.6 is 15.9 Å². The smallest absolute Gasteiger partial charge is 0.312 e. The summed E-state index contributed by atoms with van der Waals surface area (Å²) in [5.41, 5.74) is 0.870. The zero-order valence-electron chi connectivity index (χ0n) is 8.82. The second kappa shape index (κ2) is 4.97. The van der Waals surface area contributed by atoms with Crippen molar-refractivity contribution in [3.05, 3.63) is 34.3 Å². The van der Waals surface area contributed by atoms with Crippen molar-refractivity contribution < 1.29 is 9.90 Å². The highest BCUT2D eigenvalue weighted by Crippen LogP contribution is 2.26. The van der Waals surface area contributed by atoms with Gasteiger partial charge < -0.3 is 10.4 Å². The molecule has 0 radical (unpaired) electrons. The van der Waals surface area contributed by atoms with E-state index in [2.05, 4.69) is 21.2 Å². The van der Waals surface area contributed by atoms with E-state index < -0.39 is 11.9 Å². The summed E-state index contributed by atoms with van der Waals surface area (Å²) in [6.45, 7) is 0.922. The summed E-state index contributed by atoms with van der Waals surface area (Å²) in [5, 5.41) is 12.6. The van der Waals surface area contributed by atoms with Crippen LogP contribution in [0.5, 0.6) is 0 Å². The topological polar surface area (TPSA) is 49.3 Å². The molecule has 1 aliphatic heterocycles. The van der Waals surface area contributed by atoms with Crippen LogP contribution in [0.3, 0.4) is 0 Å². The number of carbonyl (C=O) groups is 1. The third kappa shape index (κ3) is 2.44. The van der Waals surface area contributed by atoms with Crippen LogP contribution in [0.1, 0.15) is 24.3 Å². The lowest BCUT2D eigenvalue weighted by Gasteiger charge is -2.20. The van der Waals surface area contributed by atoms with Crippen molar-refractivity contribution in [3.8, 4) is 0 Å². The highest BCUT2D eigenvalue weighted by atomic mass is 79.9. The quantitative estimate of drug-likeness (QED) is 0.896. The van der Waals surface area contributed by atoms with Gasteiger partial charge in [0.15, 0.2) is 0 Å². The Balaban J connectivity index is 2.24. The Morgan fingerprint density at radius 1 is 1.44 bits per heavy atom. The summed E-state index contributed by atoms with van der Waals surface area (Å²) in [5.74, 6) is -1.18. The number of hydrogen-bond acceptors (Lipinski definition) is 2. The largest absolute Gasteiger partial charge is 0.481 e. The van der Waals surface area contributed by atoms with Crippen LogP contribution in [0.2, 0.25) is 0 Å². The molecular formula is C12H14BrNO2. The molecule has 1 fully saturated rings. The lowest BCUT2D eigenvalue weighted by Crippen LogP contribution is -2.33. The summed E-state index contributed by atoms with van der Waals surface area (Å²) in [6, 6.07) is 7.60. The van der Waals surface area contributed by atoms with E-state index in [9.17, 15) is 9.90 Å². The van der Waals surface area contributed by atoms with Crippen molar-refractivity contribution >= 4 is 21.9 Å². The maximum Gasteiger partial charge on any atom is 0.312 e. The van der Waals surface area contributed by atoms with Gasteiger partial charge in [-0.2, -0.15) is 0 Å². The van der Waals surface area contributed by atoms with E-state index in [1.165, 1.54) is 0 Å². The molecule has 0 bridgehead atoms. The Kier molecular flexibility index (Phi) is 3.61. The van der Waals surface area contributed by atoms with Crippen molar-refractivity contribution in [3.63, 3.8) is 0 Å². The molecule has 1 heterocycles. The number of carboxylic acids is 1. The summed E-state index contributed by atoms with van der Waals surface area (Å²) < 4.78 is 0.972. The minimum atomic E-state index is -0.748. The maximum atomic E-state index is 11.3. The molecule has 16 heavy (non-hydrogen) atoms. The van der Waals surface area contributed by atoms with Crippen molar-refractivity contribution in [1.82, 2.24) is 5.32 Å². The Bertz CT molecular complexity index is 371. The average molecular weight is 284 g/mol. The molecule has 2 rings (SSSR count). The monoisotopic (exact) mass is 283 g/mol. The highest BCUT2D eigenvalue weighted by molar-refractivity contribution is 9.10. The average Bonchev–Trinajstić information content (AvgIpc) is 2.74. The minimum Gasteiger partial charge on any atom is -0.481 e. The number of nitrogens with one attached hydrogen (secondary N) is 1. The Morgan fingerprint density at radius 3 is 2.62 bits per heavy atom. The SMILES string of the molecule is O=C(O)[C@@H](c1ccc(Br)cc1)[C@H]1CCCN1. The third-order valence-electron chi connectivity index (χ3n) is 3.00. The van der Waals surface area contributed by atoms with Crippen molar-refractivity contribution in [1.29, 1.82) is 0 Å². The van der Waals surface area contributed by atoms with Crippen molar-refractivity contribution in [2.24, 2.45) is 0 Å². The normalized spacial score (nSPS) is 21.9. The Hall–Kier alpha value is -0.870. The first-order valence-electron chi connectivity index (χ1n) is 5.40. The second-order valence-corrected chi connectivity index (χ2v) is 4.99. The second-order valence-electron chi connectivity index (χ2n) is 4.07. The molecule has 1 aromatic rings. The summed E-state index contributed by atoms with van der Waals surface area (Å²) in [6.07, 6.45) is 2.00. The number of rotatable bonds is 3. The van der Waals surface area contributed by atoms with Gasteiger partial charge in [0.2, 0.25) is 0 Å². The molecule has 0 spiro atoms. The fourth-order valence-electron chi connectivity index (χ4n) is 2.21. The van der Waals surface area contributed by atoms with Crippen LogP contribution in [-0.2, 0) is 4.79 Å². The number of aliphatic carboxylic acids is 1. The van der Waals surface area contributed by atoms with Gasteiger partial charge in [-0.25, -0.2) is 0 Å². The van der Waals surface area contributed by atoms with Crippen LogP contribution in [0.4, 0.5) is 0 Å². The van der Waals surface area contributed by atoms with Crippen LogP contribution in [0.25, 0.3) is 0 Å². The third-order valence-corrected chi connectivity index (χ3v) is 3.52. The molecule has 86 valence electrons. The predicted molar refractivity (Wildman–Crippen MR) is 65.5 cm³/mol. The molecule has 0 aliphatic carbocycles. The van der Waals surface area contributed by atoms with E-state index in [1.807, 2.05) is 24.3 Å². The lowest BCUT2D eigenvalue weighted by atomic mass is 9.91. The van der Waals surface area contributed by atoms with Crippen LogP contribution in [0, 0.1) is 0 Å². The summed E-state index contributed by atoms with van der Waals surface area (Å²) >= 11 is 3.35. The molecule has 2 N–H and O–H groups in total. The number of carboxylic acid groups (broad SMARTS) is 1. The van der Waals surface area contributed by atoms with E-state index in [1.54, 1.807) is 0 Å². The molecule has 2 atom stereocenters. The van der Waals surface area contributed by atoms with Gasteiger partial charge in [-0.05, 0) is 37.1 Å². The number of benzene rings is 1. The molecule has 1 saturated heterocycles. The van der Waals surface area contributed by atoms with Gasteiger partial charge in [-0.15, -0.1) is 0 Å². The Labute approximate surface area is 103 Å². The van der Waals surface area contributed by atoms with Crippen molar-refractivity contribution in [2.45, 2.75) is 24.8 Å². The van der Waals surface area contributed by atoms with Crippen molar-refractivity contribution in [2.75, 3.05) is 6.54 Å². The Morgan fingerprint density at radius 2 is 2.12 bits per heavy atom. The highest BCUT2D eigenvalue weighted by Gasteiger charge is 2.31. The van der Waals surface area contributed by atoms with Gasteiger partial charge >= 0.3 is 5.97 Å². The fourth-order valence-corrected chi connectivity index (χ4v) is 2.48. The van der Waals surface area contributed by atoms with Gasteiger partial charge in [0, 0.05) is 10.5 Å². The van der Waals surface area contributed by atoms with E-state index in [-0.39, 0.29) is 6.04 Å². The van der Waals surface area contributed by atoms with Gasteiger partial charge in [0.25, 0.3) is 0 Å². The van der Waals surface area contributed by atoms with E-state index in [0.717, 1.165) is 29.4 Å². The lowest BCUT2D eigenvalue weighted by molar-refractivity contribution is -0.139. The first kappa shape index (κ1) is 11.6. The molecule has 1 aliphatic rings. The first-order chi connectivity index (χ1) is 7.68. The minimum absolute atomic E-state index is 0.0682. The first-order valence-corrected chi connectivity index (χ1v) is 6.19. The fraction of sp³-hybridized carbons (Fsp3) is 0.417. The molecule has 0 saturated carbocycles. The van der Waals surface area contributed by atoms with Crippen LogP contribution < -0.4 is 5.32 Å². The zero-order chi connectivity index (χ0) is 11.5. The van der Waals surface area contributed by atoms with Crippen LogP contribution in [-0.4, -0.2) is 23.7 Å². The molecular weight excluding hydrogens is 270 g/mol. The predicted octanol–water partition coefficient (Wildman–Crippen LogP) is 2.37. The molecule has 0 aromatic heterocycles. The van der Waals surface area contributed by atoms with E-state index >= 15 is 0 Å². The van der Waals surface area contributed by atoms with Gasteiger partial charge in [0.1, 0.15) is 0 Å². The molecule has 3 nitrogen and oxygen atoms in total. The van der Waals surface area contributed by atoms with Crippen LogP contribution in [0.15, 0.2) is 28.7 Å². The summed E-state index contributed by atoms with van der Waals surface area (Å²) in [7, 11) is 0. The number of halogens is 1. The van der Waals surface area contributed by atoms with E-state index in [4.69, 9.17) is 0 Å². The maximum absolute atomic E-state index is 11.3. The van der Waals surface area contributed by atoms with Gasteiger partial charge in [0.05, 0.1) is 5.92 Å². The standard InChI is InChI=1S/C12H14BrNO2/c13-9-5-3-8(4-6-9)11(12(15)16)10-2-1-7-14-10/h3-6,10-11,14H,1-2,7H2,(H,15,16)/t10-,11+/m1/s1. The summed E-state index contributed by atoms with van der Waals surface area (Å²) in [4.78, 5) is 11.3. The molecule has 1 aromatic carbocycles. The molecule has 0 unspecified atom stereocenters. The van der Waals surface area contributed by atoms with E-state index in [0.29, 0.717) is 0 Å². The molecule has 0 amide bonds. The van der Waals surface area contributed by atoms with Gasteiger partial charge in [-0.1, -0.05) is 28.1 Å².